The van der Waals surface area contributed by atoms with Crippen molar-refractivity contribution >= 4 is 0 Å². The number of likely N-dealkylation sites (tertiary alicyclic amines) is 1. The first kappa shape index (κ1) is 21.1. The molecule has 1 saturated heterocycles. The van der Waals surface area contributed by atoms with Crippen LogP contribution < -0.4 is 0 Å². The van der Waals surface area contributed by atoms with Crippen LogP contribution in [-0.2, 0) is 4.74 Å². The lowest BCUT2D eigenvalue weighted by Crippen LogP contribution is -2.49. The van der Waals surface area contributed by atoms with Gasteiger partial charge in [-0.25, -0.2) is 4.39 Å². The molecule has 1 heterocycles. The van der Waals surface area contributed by atoms with E-state index in [0.717, 1.165) is 13.1 Å². The van der Waals surface area contributed by atoms with Gasteiger partial charge in [-0.15, -0.1) is 0 Å². The second-order valence-corrected chi connectivity index (χ2v) is 9.17. The number of rotatable bonds is 12. The van der Waals surface area contributed by atoms with Gasteiger partial charge in [0.25, 0.3) is 0 Å². The second kappa shape index (κ2) is 9.14. The average Bonchev–Trinajstić information content (AvgIpc) is 3.31. The molecule has 1 saturated carbocycles. The quantitative estimate of drug-likeness (QED) is 0.483. The van der Waals surface area contributed by atoms with Crippen molar-refractivity contribution in [2.45, 2.75) is 90.6 Å². The minimum Gasteiger partial charge on any atom is -0.373 e. The van der Waals surface area contributed by atoms with Crippen molar-refractivity contribution in [3.8, 4) is 0 Å². The third kappa shape index (κ3) is 5.90. The van der Waals surface area contributed by atoms with E-state index in [2.05, 4.69) is 51.5 Å². The molecular weight excluding hydrogens is 315 g/mol. The number of alkyl halides is 1. The maximum atomic E-state index is 12.9. The fraction of sp³-hybridized carbons (Fsp3) is 1.00. The molecule has 0 N–H and O–H groups in total. The Balaban J connectivity index is 1.61. The molecule has 4 heteroatoms. The average molecular weight is 357 g/mol. The summed E-state index contributed by atoms with van der Waals surface area (Å²) in [7, 11) is 2.28. The molecule has 2 rings (SSSR count). The van der Waals surface area contributed by atoms with Crippen LogP contribution in [0.1, 0.15) is 66.7 Å². The molecule has 3 unspecified atom stereocenters. The van der Waals surface area contributed by atoms with Gasteiger partial charge in [-0.1, -0.05) is 27.2 Å². The van der Waals surface area contributed by atoms with Crippen molar-refractivity contribution < 1.29 is 9.13 Å². The molecular formula is C21H41FN2O. The van der Waals surface area contributed by atoms with Crippen LogP contribution in [0.5, 0.6) is 0 Å². The summed E-state index contributed by atoms with van der Waals surface area (Å²) in [4.78, 5) is 4.80. The fourth-order valence-corrected chi connectivity index (χ4v) is 4.08. The van der Waals surface area contributed by atoms with E-state index in [1.807, 2.05) is 0 Å². The molecule has 0 aromatic heterocycles. The largest absolute Gasteiger partial charge is 0.373 e. The molecule has 148 valence electrons. The fourth-order valence-electron chi connectivity index (χ4n) is 4.08. The van der Waals surface area contributed by atoms with E-state index >= 15 is 0 Å². The van der Waals surface area contributed by atoms with Gasteiger partial charge in [0.2, 0.25) is 0 Å². The topological polar surface area (TPSA) is 15.7 Å². The van der Waals surface area contributed by atoms with Crippen LogP contribution in [0.3, 0.4) is 0 Å². The van der Waals surface area contributed by atoms with Gasteiger partial charge in [0.1, 0.15) is 6.17 Å². The van der Waals surface area contributed by atoms with Gasteiger partial charge in [0.05, 0.1) is 12.2 Å². The number of likely N-dealkylation sites (N-methyl/N-ethyl adjacent to an activating group) is 1. The summed E-state index contributed by atoms with van der Waals surface area (Å²) in [6, 6.07) is 0. The van der Waals surface area contributed by atoms with Crippen LogP contribution in [0.2, 0.25) is 0 Å². The summed E-state index contributed by atoms with van der Waals surface area (Å²) in [6.07, 6.45) is 6.38. The molecule has 0 aromatic rings. The van der Waals surface area contributed by atoms with Crippen molar-refractivity contribution in [2.24, 2.45) is 11.8 Å². The van der Waals surface area contributed by atoms with Gasteiger partial charge >= 0.3 is 0 Å². The van der Waals surface area contributed by atoms with Crippen molar-refractivity contribution in [3.63, 3.8) is 0 Å². The van der Waals surface area contributed by atoms with E-state index in [4.69, 9.17) is 4.74 Å². The Morgan fingerprint density at radius 3 is 2.28 bits per heavy atom. The molecule has 1 aliphatic heterocycles. The lowest BCUT2D eigenvalue weighted by atomic mass is 10.0. The van der Waals surface area contributed by atoms with Crippen molar-refractivity contribution in [3.05, 3.63) is 0 Å². The Kier molecular flexibility index (Phi) is 7.72. The van der Waals surface area contributed by atoms with E-state index < -0.39 is 6.17 Å². The van der Waals surface area contributed by atoms with Crippen LogP contribution in [0.25, 0.3) is 0 Å². The molecule has 3 nitrogen and oxygen atoms in total. The number of hydrogen-bond donors (Lipinski definition) is 0. The molecule has 3 atom stereocenters. The van der Waals surface area contributed by atoms with Crippen LogP contribution in [0.15, 0.2) is 0 Å². The lowest BCUT2D eigenvalue weighted by Gasteiger charge is -2.36. The van der Waals surface area contributed by atoms with Crippen molar-refractivity contribution in [1.29, 1.82) is 0 Å². The predicted octanol–water partition coefficient (Wildman–Crippen LogP) is 4.36. The molecule has 1 aliphatic carbocycles. The van der Waals surface area contributed by atoms with Gasteiger partial charge in [-0.05, 0) is 65.0 Å². The van der Waals surface area contributed by atoms with Crippen molar-refractivity contribution in [2.75, 3.05) is 33.2 Å². The number of halogens is 1. The van der Waals surface area contributed by atoms with Crippen LogP contribution in [0.4, 0.5) is 4.39 Å². The third-order valence-electron chi connectivity index (χ3n) is 6.56. The summed E-state index contributed by atoms with van der Waals surface area (Å²) in [5.41, 5.74) is 0.280. The number of hydrogen-bond acceptors (Lipinski definition) is 3. The molecule has 0 radical (unpaired) electrons. The Bertz CT molecular complexity index is 393. The lowest BCUT2D eigenvalue weighted by molar-refractivity contribution is -0.0637. The molecule has 0 amide bonds. The van der Waals surface area contributed by atoms with Crippen molar-refractivity contribution in [1.82, 2.24) is 9.80 Å². The Morgan fingerprint density at radius 1 is 1.12 bits per heavy atom. The SMILES string of the molecule is CC(CCCCN(C)C1(C(C)OC(C)C(C)C)CC1)CN1CC(F)C1. The number of ether oxygens (including phenoxy) is 1. The van der Waals surface area contributed by atoms with E-state index in [-0.39, 0.29) is 5.54 Å². The van der Waals surface area contributed by atoms with E-state index in [0.29, 0.717) is 37.1 Å². The summed E-state index contributed by atoms with van der Waals surface area (Å²) < 4.78 is 19.2. The third-order valence-corrected chi connectivity index (χ3v) is 6.56. The van der Waals surface area contributed by atoms with E-state index in [9.17, 15) is 4.39 Å². The first-order chi connectivity index (χ1) is 11.7. The minimum atomic E-state index is -0.571. The summed E-state index contributed by atoms with van der Waals surface area (Å²) in [5, 5.41) is 0. The Labute approximate surface area is 155 Å². The van der Waals surface area contributed by atoms with Gasteiger partial charge < -0.3 is 4.74 Å². The molecule has 0 bridgehead atoms. The Hall–Kier alpha value is -0.190. The van der Waals surface area contributed by atoms with Crippen LogP contribution in [0, 0.1) is 11.8 Å². The zero-order valence-electron chi connectivity index (χ0n) is 17.4. The zero-order valence-corrected chi connectivity index (χ0v) is 17.4. The smallest absolute Gasteiger partial charge is 0.125 e. The highest BCUT2D eigenvalue weighted by molar-refractivity contribution is 5.07. The van der Waals surface area contributed by atoms with Crippen LogP contribution >= 0.6 is 0 Å². The molecule has 0 aromatic carbocycles. The summed E-state index contributed by atoms with van der Waals surface area (Å²) >= 11 is 0. The molecule has 25 heavy (non-hydrogen) atoms. The molecule has 2 fully saturated rings. The normalized spacial score (nSPS) is 24.4. The highest BCUT2D eigenvalue weighted by Crippen LogP contribution is 2.45. The number of nitrogens with zero attached hydrogens (tertiary/aromatic N) is 2. The first-order valence-electron chi connectivity index (χ1n) is 10.5. The summed E-state index contributed by atoms with van der Waals surface area (Å²) in [5.74, 6) is 1.26. The second-order valence-electron chi connectivity index (χ2n) is 9.17. The predicted molar refractivity (Wildman–Crippen MR) is 104 cm³/mol. The highest BCUT2D eigenvalue weighted by atomic mass is 19.1. The highest BCUT2D eigenvalue weighted by Gasteiger charge is 2.51. The maximum absolute atomic E-state index is 12.9. The Morgan fingerprint density at radius 2 is 1.76 bits per heavy atom. The van der Waals surface area contributed by atoms with Gasteiger partial charge in [-0.2, -0.15) is 0 Å². The van der Waals surface area contributed by atoms with Gasteiger partial charge in [0.15, 0.2) is 0 Å². The van der Waals surface area contributed by atoms with Gasteiger partial charge in [0, 0.05) is 25.2 Å². The number of unbranched alkanes of at least 4 members (excludes halogenated alkanes) is 1. The maximum Gasteiger partial charge on any atom is 0.125 e. The molecule has 2 aliphatic rings. The van der Waals surface area contributed by atoms with Gasteiger partial charge in [-0.3, -0.25) is 9.80 Å². The first-order valence-corrected chi connectivity index (χ1v) is 10.5. The molecule has 0 spiro atoms. The standard InChI is InChI=1S/C21H41FN2O/c1-16(2)18(4)25-19(5)21(10-11-21)23(6)12-8-7-9-17(3)13-24-14-20(22)15-24/h16-20H,7-15H2,1-6H3. The monoisotopic (exact) mass is 356 g/mol. The van der Waals surface area contributed by atoms with E-state index in [1.165, 1.54) is 32.1 Å². The zero-order chi connectivity index (χ0) is 18.6. The minimum absolute atomic E-state index is 0.280. The summed E-state index contributed by atoms with van der Waals surface area (Å²) in [6.45, 7) is 14.8. The van der Waals surface area contributed by atoms with E-state index in [1.54, 1.807) is 0 Å². The van der Waals surface area contributed by atoms with Crippen LogP contribution in [-0.4, -0.2) is 66.9 Å².